The molecular weight excluding hydrogens is 400 g/mol. The highest BCUT2D eigenvalue weighted by Gasteiger charge is 2.41. The van der Waals surface area contributed by atoms with Gasteiger partial charge < -0.3 is 19.7 Å². The third-order valence-corrected chi connectivity index (χ3v) is 7.30. The molecule has 0 saturated carbocycles. The predicted octanol–water partition coefficient (Wildman–Crippen LogP) is 6.23. The Hall–Kier alpha value is -0.940. The predicted molar refractivity (Wildman–Crippen MR) is 135 cm³/mol. The van der Waals surface area contributed by atoms with E-state index >= 15 is 0 Å². The Balaban J connectivity index is 0.000000320. The summed E-state index contributed by atoms with van der Waals surface area (Å²) in [7, 11) is 0. The zero-order valence-corrected chi connectivity index (χ0v) is 21.5. The van der Waals surface area contributed by atoms with Crippen LogP contribution in [0, 0.1) is 17.8 Å². The molecule has 4 nitrogen and oxygen atoms in total. The first-order valence-electron chi connectivity index (χ1n) is 12.8. The van der Waals surface area contributed by atoms with Gasteiger partial charge in [0.1, 0.15) is 6.10 Å². The summed E-state index contributed by atoms with van der Waals surface area (Å²) in [6.45, 7) is 20.4. The summed E-state index contributed by atoms with van der Waals surface area (Å²) < 4.78 is 11.9. The normalized spacial score (nSPS) is 35.2. The number of aliphatic hydroxyl groups excluding tert-OH is 2. The van der Waals surface area contributed by atoms with Crippen LogP contribution in [0.4, 0.5) is 0 Å². The van der Waals surface area contributed by atoms with Gasteiger partial charge >= 0.3 is 0 Å². The number of rotatable bonds is 11. The first-order valence-corrected chi connectivity index (χ1v) is 12.8. The molecule has 2 rings (SSSR count). The van der Waals surface area contributed by atoms with Crippen molar-refractivity contribution in [1.29, 1.82) is 0 Å². The monoisotopic (exact) mass is 450 g/mol. The van der Waals surface area contributed by atoms with E-state index in [1.54, 1.807) is 0 Å². The summed E-state index contributed by atoms with van der Waals surface area (Å²) in [5.74, 6) is 1.51. The highest BCUT2D eigenvalue weighted by Crippen LogP contribution is 2.35. The molecule has 32 heavy (non-hydrogen) atoms. The molecule has 4 heteroatoms. The van der Waals surface area contributed by atoms with E-state index in [0.717, 1.165) is 50.5 Å². The molecule has 2 aliphatic heterocycles. The van der Waals surface area contributed by atoms with Crippen molar-refractivity contribution >= 4 is 0 Å². The lowest BCUT2D eigenvalue weighted by Crippen LogP contribution is -2.28. The van der Waals surface area contributed by atoms with Crippen LogP contribution in [0.15, 0.2) is 37.0 Å². The van der Waals surface area contributed by atoms with Crippen LogP contribution in [-0.2, 0) is 9.47 Å². The minimum Gasteiger partial charge on any atom is -0.390 e. The van der Waals surface area contributed by atoms with E-state index in [9.17, 15) is 10.2 Å². The quantitative estimate of drug-likeness (QED) is 0.367. The second kappa shape index (κ2) is 15.1. The SMILES string of the molecule is C=CC[C@@H]1O[C@H](C[C@H](C)CC)[C@H](O)C1=CC.C=CC[C@@H]1O[C@H](C[C@H](C)CC)[C@H](O)[C@H]1CC. The van der Waals surface area contributed by atoms with Gasteiger partial charge in [-0.05, 0) is 56.4 Å². The Bertz CT molecular complexity index is 572. The molecular formula is C28H50O4. The fourth-order valence-corrected chi connectivity index (χ4v) is 4.78. The first-order chi connectivity index (χ1) is 15.3. The zero-order chi connectivity index (χ0) is 24.3. The van der Waals surface area contributed by atoms with Gasteiger partial charge in [-0.15, -0.1) is 13.2 Å². The van der Waals surface area contributed by atoms with Crippen LogP contribution in [0.1, 0.15) is 86.5 Å². The maximum absolute atomic E-state index is 10.2. The summed E-state index contributed by atoms with van der Waals surface area (Å²) in [4.78, 5) is 0. The molecule has 0 bridgehead atoms. The smallest absolute Gasteiger partial charge is 0.104 e. The Labute approximate surface area is 197 Å². The maximum Gasteiger partial charge on any atom is 0.104 e. The molecule has 186 valence electrons. The minimum absolute atomic E-state index is 0.0323. The van der Waals surface area contributed by atoms with Crippen LogP contribution in [-0.4, -0.2) is 46.8 Å². The molecule has 0 aromatic heterocycles. The standard InChI is InChI=1S/C14H26O2.C14H24O2/c2*1-5-8-12-11(7-3)14(15)13(16-12)9-10(4)6-2/h5,10-15H,1,6-9H2,2-4H3;5,7,10,12-15H,1,6,8-9H2,2-4H3/t10-,11+,12+,13-,14-;10-,12+,13-,14-/m11/s1. The average molecular weight is 451 g/mol. The summed E-state index contributed by atoms with van der Waals surface area (Å²) >= 11 is 0. The second-order valence-corrected chi connectivity index (χ2v) is 9.72. The van der Waals surface area contributed by atoms with Crippen LogP contribution in [0.5, 0.6) is 0 Å². The topological polar surface area (TPSA) is 58.9 Å². The Morgan fingerprint density at radius 3 is 1.91 bits per heavy atom. The summed E-state index contributed by atoms with van der Waals surface area (Å²) in [5, 5.41) is 20.4. The van der Waals surface area contributed by atoms with E-state index < -0.39 is 6.10 Å². The van der Waals surface area contributed by atoms with Crippen molar-refractivity contribution in [1.82, 2.24) is 0 Å². The van der Waals surface area contributed by atoms with E-state index in [0.29, 0.717) is 11.8 Å². The van der Waals surface area contributed by atoms with Crippen LogP contribution in [0.2, 0.25) is 0 Å². The molecule has 2 fully saturated rings. The number of ether oxygens (including phenoxy) is 2. The van der Waals surface area contributed by atoms with Gasteiger partial charge in [0.05, 0.1) is 30.5 Å². The number of allylic oxidation sites excluding steroid dienone is 1. The number of hydrogen-bond acceptors (Lipinski definition) is 4. The third-order valence-electron chi connectivity index (χ3n) is 7.30. The summed E-state index contributed by atoms with van der Waals surface area (Å²) in [5.41, 5.74) is 1.02. The molecule has 0 aromatic carbocycles. The largest absolute Gasteiger partial charge is 0.390 e. The fourth-order valence-electron chi connectivity index (χ4n) is 4.78. The Morgan fingerprint density at radius 2 is 1.44 bits per heavy atom. The van der Waals surface area contributed by atoms with Gasteiger partial charge in [0, 0.05) is 5.92 Å². The van der Waals surface area contributed by atoms with Crippen molar-refractivity contribution in [3.63, 3.8) is 0 Å². The number of aliphatic hydroxyl groups is 2. The second-order valence-electron chi connectivity index (χ2n) is 9.72. The molecule has 2 heterocycles. The highest BCUT2D eigenvalue weighted by molar-refractivity contribution is 5.20. The zero-order valence-electron chi connectivity index (χ0n) is 21.5. The van der Waals surface area contributed by atoms with E-state index in [1.807, 2.05) is 25.2 Å². The van der Waals surface area contributed by atoms with Gasteiger partial charge in [-0.25, -0.2) is 0 Å². The van der Waals surface area contributed by atoms with E-state index in [1.165, 1.54) is 0 Å². The van der Waals surface area contributed by atoms with Gasteiger partial charge in [0.15, 0.2) is 0 Å². The van der Waals surface area contributed by atoms with Crippen molar-refractivity contribution < 1.29 is 19.7 Å². The van der Waals surface area contributed by atoms with Gasteiger partial charge in [0.2, 0.25) is 0 Å². The van der Waals surface area contributed by atoms with Gasteiger partial charge in [-0.3, -0.25) is 0 Å². The molecule has 2 N–H and O–H groups in total. The Morgan fingerprint density at radius 1 is 0.875 bits per heavy atom. The minimum atomic E-state index is -0.427. The van der Waals surface area contributed by atoms with Crippen molar-refractivity contribution in [2.45, 2.75) is 123 Å². The van der Waals surface area contributed by atoms with Crippen LogP contribution < -0.4 is 0 Å². The van der Waals surface area contributed by atoms with Crippen molar-refractivity contribution in [3.8, 4) is 0 Å². The van der Waals surface area contributed by atoms with Crippen molar-refractivity contribution in [3.05, 3.63) is 37.0 Å². The molecule has 2 aliphatic rings. The summed E-state index contributed by atoms with van der Waals surface area (Å²) in [6.07, 6.45) is 12.0. The summed E-state index contributed by atoms with van der Waals surface area (Å²) in [6, 6.07) is 0. The van der Waals surface area contributed by atoms with E-state index in [4.69, 9.17) is 9.47 Å². The molecule has 0 spiro atoms. The fraction of sp³-hybridized carbons (Fsp3) is 0.786. The van der Waals surface area contributed by atoms with Crippen molar-refractivity contribution in [2.24, 2.45) is 17.8 Å². The Kier molecular flexibility index (Phi) is 13.7. The van der Waals surface area contributed by atoms with E-state index in [-0.39, 0.29) is 36.4 Å². The highest BCUT2D eigenvalue weighted by atomic mass is 16.5. The molecule has 0 aliphatic carbocycles. The van der Waals surface area contributed by atoms with E-state index in [2.05, 4.69) is 47.8 Å². The lowest BCUT2D eigenvalue weighted by atomic mass is 9.89. The van der Waals surface area contributed by atoms with Crippen LogP contribution in [0.25, 0.3) is 0 Å². The van der Waals surface area contributed by atoms with Gasteiger partial charge in [-0.2, -0.15) is 0 Å². The molecule has 0 amide bonds. The third kappa shape index (κ3) is 8.13. The molecule has 0 unspecified atom stereocenters. The average Bonchev–Trinajstić information content (AvgIpc) is 3.23. The lowest BCUT2D eigenvalue weighted by molar-refractivity contribution is -0.00179. The number of hydrogen-bond donors (Lipinski definition) is 2. The first kappa shape index (κ1) is 29.1. The van der Waals surface area contributed by atoms with Crippen LogP contribution >= 0.6 is 0 Å². The van der Waals surface area contributed by atoms with Gasteiger partial charge in [0.25, 0.3) is 0 Å². The van der Waals surface area contributed by atoms with Crippen LogP contribution in [0.3, 0.4) is 0 Å². The van der Waals surface area contributed by atoms with Crippen molar-refractivity contribution in [2.75, 3.05) is 0 Å². The van der Waals surface area contributed by atoms with Gasteiger partial charge in [-0.1, -0.05) is 65.7 Å². The maximum atomic E-state index is 10.2. The molecule has 0 aromatic rings. The molecule has 0 radical (unpaired) electrons. The molecule has 2 saturated heterocycles. The molecule has 9 atom stereocenters. The lowest BCUT2D eigenvalue weighted by Gasteiger charge is -2.19.